The van der Waals surface area contributed by atoms with Crippen LogP contribution in [0.2, 0.25) is 0 Å². The SMILES string of the molecule is CCOC(=O)CCCCCn1c(-c2cccnc2)c(C)c2cc(CO)ccc21. The standard InChI is InChI=1S/C23H28N2O3/c1-3-28-22(27)9-5-4-6-13-25-21-11-10-18(16-26)14-20(21)17(2)23(25)19-8-7-12-24-15-19/h7-8,10-12,14-15,26H,3-6,9,13,16H2,1-2H3. The van der Waals surface area contributed by atoms with Gasteiger partial charge in [0.2, 0.25) is 0 Å². The summed E-state index contributed by atoms with van der Waals surface area (Å²) in [5.41, 5.74) is 5.54. The van der Waals surface area contributed by atoms with Crippen molar-refractivity contribution in [3.63, 3.8) is 0 Å². The molecule has 3 aromatic rings. The Bertz CT molecular complexity index is 932. The van der Waals surface area contributed by atoms with Gasteiger partial charge in [0.15, 0.2) is 0 Å². The molecular formula is C23H28N2O3. The minimum absolute atomic E-state index is 0.0383. The highest BCUT2D eigenvalue weighted by atomic mass is 16.5. The summed E-state index contributed by atoms with van der Waals surface area (Å²) in [6.45, 7) is 5.31. The molecule has 2 heterocycles. The van der Waals surface area contributed by atoms with E-state index < -0.39 is 0 Å². The normalized spacial score (nSPS) is 11.1. The number of esters is 1. The molecule has 2 aromatic heterocycles. The number of carbonyl (C=O) groups excluding carboxylic acids is 1. The first-order valence-electron chi connectivity index (χ1n) is 9.94. The zero-order valence-corrected chi connectivity index (χ0v) is 16.6. The van der Waals surface area contributed by atoms with Gasteiger partial charge in [-0.2, -0.15) is 0 Å². The molecule has 0 aliphatic carbocycles. The average molecular weight is 380 g/mol. The molecule has 1 aromatic carbocycles. The van der Waals surface area contributed by atoms with Crippen LogP contribution in [0.5, 0.6) is 0 Å². The van der Waals surface area contributed by atoms with Crippen molar-refractivity contribution < 1.29 is 14.6 Å². The maximum atomic E-state index is 11.5. The first-order valence-corrected chi connectivity index (χ1v) is 9.94. The summed E-state index contributed by atoms with van der Waals surface area (Å²) in [5, 5.41) is 10.7. The molecule has 3 rings (SSSR count). The zero-order valence-electron chi connectivity index (χ0n) is 16.6. The van der Waals surface area contributed by atoms with Crippen molar-refractivity contribution >= 4 is 16.9 Å². The molecule has 0 amide bonds. The van der Waals surface area contributed by atoms with Crippen molar-refractivity contribution in [2.75, 3.05) is 6.61 Å². The number of nitrogens with zero attached hydrogens (tertiary/aromatic N) is 2. The van der Waals surface area contributed by atoms with Crippen LogP contribution in [0, 0.1) is 6.92 Å². The van der Waals surface area contributed by atoms with Gasteiger partial charge in [0.1, 0.15) is 0 Å². The lowest BCUT2D eigenvalue weighted by Gasteiger charge is -2.12. The minimum Gasteiger partial charge on any atom is -0.466 e. The lowest BCUT2D eigenvalue weighted by atomic mass is 10.1. The van der Waals surface area contributed by atoms with E-state index in [-0.39, 0.29) is 12.6 Å². The van der Waals surface area contributed by atoms with E-state index in [1.54, 1.807) is 6.20 Å². The van der Waals surface area contributed by atoms with Crippen LogP contribution >= 0.6 is 0 Å². The van der Waals surface area contributed by atoms with Gasteiger partial charge < -0.3 is 14.4 Å². The fourth-order valence-corrected chi connectivity index (χ4v) is 3.72. The second kappa shape index (κ2) is 9.51. The number of aryl methyl sites for hydroxylation is 2. The van der Waals surface area contributed by atoms with E-state index in [0.29, 0.717) is 13.0 Å². The maximum Gasteiger partial charge on any atom is 0.305 e. The number of aromatic nitrogens is 2. The monoisotopic (exact) mass is 380 g/mol. The molecule has 5 heteroatoms. The Kier molecular flexibility index (Phi) is 6.82. The quantitative estimate of drug-likeness (QED) is 0.434. The van der Waals surface area contributed by atoms with Crippen LogP contribution in [0.25, 0.3) is 22.2 Å². The summed E-state index contributed by atoms with van der Waals surface area (Å²) in [6, 6.07) is 10.2. The fourth-order valence-electron chi connectivity index (χ4n) is 3.72. The number of pyridine rings is 1. The van der Waals surface area contributed by atoms with Crippen LogP contribution in [-0.4, -0.2) is 27.2 Å². The van der Waals surface area contributed by atoms with Crippen molar-refractivity contribution in [2.45, 2.75) is 52.7 Å². The molecule has 5 nitrogen and oxygen atoms in total. The van der Waals surface area contributed by atoms with E-state index >= 15 is 0 Å². The topological polar surface area (TPSA) is 64.4 Å². The molecule has 0 bridgehead atoms. The molecule has 0 saturated heterocycles. The van der Waals surface area contributed by atoms with Crippen LogP contribution in [0.4, 0.5) is 0 Å². The van der Waals surface area contributed by atoms with E-state index in [0.717, 1.165) is 42.3 Å². The first kappa shape index (κ1) is 20.1. The number of aliphatic hydroxyl groups excluding tert-OH is 1. The predicted octanol–water partition coefficient (Wildman–Crippen LogP) is 4.63. The molecular weight excluding hydrogens is 352 g/mol. The van der Waals surface area contributed by atoms with Gasteiger partial charge in [-0.15, -0.1) is 0 Å². The number of benzene rings is 1. The molecule has 28 heavy (non-hydrogen) atoms. The fraction of sp³-hybridized carbons (Fsp3) is 0.391. The number of rotatable bonds is 9. The number of fused-ring (bicyclic) bond motifs is 1. The Morgan fingerprint density at radius 2 is 2.07 bits per heavy atom. The van der Waals surface area contributed by atoms with Crippen molar-refractivity contribution in [2.24, 2.45) is 0 Å². The molecule has 148 valence electrons. The summed E-state index contributed by atoms with van der Waals surface area (Å²) in [4.78, 5) is 15.8. The largest absolute Gasteiger partial charge is 0.466 e. The van der Waals surface area contributed by atoms with E-state index in [4.69, 9.17) is 4.74 Å². The number of ether oxygens (including phenoxy) is 1. The molecule has 0 aliphatic rings. The number of hydrogen-bond donors (Lipinski definition) is 1. The summed E-state index contributed by atoms with van der Waals surface area (Å²) >= 11 is 0. The third kappa shape index (κ3) is 4.42. The number of unbranched alkanes of at least 4 members (excludes halogenated alkanes) is 2. The highest BCUT2D eigenvalue weighted by molar-refractivity contribution is 5.92. The van der Waals surface area contributed by atoms with Crippen molar-refractivity contribution in [3.8, 4) is 11.3 Å². The van der Waals surface area contributed by atoms with Crippen LogP contribution in [0.3, 0.4) is 0 Å². The van der Waals surface area contributed by atoms with Gasteiger partial charge in [-0.3, -0.25) is 9.78 Å². The van der Waals surface area contributed by atoms with Crippen LogP contribution in [0.1, 0.15) is 43.7 Å². The van der Waals surface area contributed by atoms with Crippen LogP contribution < -0.4 is 0 Å². The van der Waals surface area contributed by atoms with E-state index in [9.17, 15) is 9.90 Å². The Labute approximate surface area is 166 Å². The van der Waals surface area contributed by atoms with Gasteiger partial charge in [-0.05, 0) is 62.1 Å². The van der Waals surface area contributed by atoms with Gasteiger partial charge in [0.05, 0.1) is 18.9 Å². The van der Waals surface area contributed by atoms with Crippen LogP contribution in [-0.2, 0) is 22.7 Å². The third-order valence-electron chi connectivity index (χ3n) is 5.07. The summed E-state index contributed by atoms with van der Waals surface area (Å²) in [5.74, 6) is -0.114. The highest BCUT2D eigenvalue weighted by Crippen LogP contribution is 2.34. The second-order valence-corrected chi connectivity index (χ2v) is 6.99. The van der Waals surface area contributed by atoms with Crippen molar-refractivity contribution in [1.82, 2.24) is 9.55 Å². The number of hydrogen-bond acceptors (Lipinski definition) is 4. The Morgan fingerprint density at radius 3 is 2.79 bits per heavy atom. The summed E-state index contributed by atoms with van der Waals surface area (Å²) in [7, 11) is 0. The smallest absolute Gasteiger partial charge is 0.305 e. The van der Waals surface area contributed by atoms with E-state index in [1.165, 1.54) is 16.8 Å². The molecule has 0 fully saturated rings. The second-order valence-electron chi connectivity index (χ2n) is 6.99. The van der Waals surface area contributed by atoms with Gasteiger partial charge in [-0.25, -0.2) is 0 Å². The lowest BCUT2D eigenvalue weighted by molar-refractivity contribution is -0.143. The molecule has 0 radical (unpaired) electrons. The lowest BCUT2D eigenvalue weighted by Crippen LogP contribution is -2.04. The Balaban J connectivity index is 1.84. The molecule has 0 spiro atoms. The summed E-state index contributed by atoms with van der Waals surface area (Å²) in [6.07, 6.45) is 6.95. The highest BCUT2D eigenvalue weighted by Gasteiger charge is 2.16. The van der Waals surface area contributed by atoms with Crippen LogP contribution in [0.15, 0.2) is 42.7 Å². The molecule has 1 N–H and O–H groups in total. The van der Waals surface area contributed by atoms with Gasteiger partial charge in [0, 0.05) is 41.8 Å². The minimum atomic E-state index is -0.114. The third-order valence-corrected chi connectivity index (χ3v) is 5.07. The van der Waals surface area contributed by atoms with Gasteiger partial charge in [-0.1, -0.05) is 12.5 Å². The number of carbonyl (C=O) groups is 1. The zero-order chi connectivity index (χ0) is 19.9. The molecule has 0 unspecified atom stereocenters. The Hall–Kier alpha value is -2.66. The summed E-state index contributed by atoms with van der Waals surface area (Å²) < 4.78 is 7.34. The van der Waals surface area contributed by atoms with Crippen molar-refractivity contribution in [3.05, 3.63) is 53.9 Å². The molecule has 0 saturated carbocycles. The predicted molar refractivity (Wildman–Crippen MR) is 111 cm³/mol. The van der Waals surface area contributed by atoms with Crippen molar-refractivity contribution in [1.29, 1.82) is 0 Å². The number of aliphatic hydroxyl groups is 1. The van der Waals surface area contributed by atoms with E-state index in [2.05, 4.69) is 34.7 Å². The van der Waals surface area contributed by atoms with E-state index in [1.807, 2.05) is 25.3 Å². The van der Waals surface area contributed by atoms with Gasteiger partial charge >= 0.3 is 5.97 Å². The maximum absolute atomic E-state index is 11.5. The average Bonchev–Trinajstić information content (AvgIpc) is 2.99. The molecule has 0 aliphatic heterocycles. The molecule has 0 atom stereocenters. The van der Waals surface area contributed by atoms with Gasteiger partial charge in [0.25, 0.3) is 0 Å². The Morgan fingerprint density at radius 1 is 1.21 bits per heavy atom. The first-order chi connectivity index (χ1) is 13.7.